The molecule has 1 saturated heterocycles. The Morgan fingerprint density at radius 2 is 1.91 bits per heavy atom. The second-order valence-electron chi connectivity index (χ2n) is 9.26. The van der Waals surface area contributed by atoms with E-state index in [-0.39, 0.29) is 24.1 Å². The minimum absolute atomic E-state index is 0.0781. The number of hydrogen-bond acceptors (Lipinski definition) is 6. The van der Waals surface area contributed by atoms with Crippen molar-refractivity contribution >= 4 is 22.6 Å². The lowest BCUT2D eigenvalue weighted by Crippen LogP contribution is -2.46. The van der Waals surface area contributed by atoms with Crippen LogP contribution in [0.2, 0.25) is 0 Å². The van der Waals surface area contributed by atoms with E-state index >= 15 is 0 Å². The molecule has 3 N–H and O–H groups in total. The summed E-state index contributed by atoms with van der Waals surface area (Å²) in [7, 11) is 0. The number of nitrogens with zero attached hydrogens (tertiary/aromatic N) is 3. The fourth-order valence-electron chi connectivity index (χ4n) is 4.23. The number of aromatic nitrogens is 2. The standard InChI is InChI=1S/C26H32N4O3/c1-4-26(3,33)16-23(32)27-18-11-13-30(14-12-18)25-19-10-9-17(2)15-21(19)28-24(29-25)20-7-5-6-8-22(20)31/h5-10,15,18,31,33H,4,11-14,16H2,1-3H3,(H,27,32). The zero-order chi connectivity index (χ0) is 23.6. The average molecular weight is 449 g/mol. The summed E-state index contributed by atoms with van der Waals surface area (Å²) in [5, 5.41) is 24.6. The third-order valence-electron chi connectivity index (χ3n) is 6.44. The van der Waals surface area contributed by atoms with Gasteiger partial charge in [-0.25, -0.2) is 9.97 Å². The zero-order valence-corrected chi connectivity index (χ0v) is 19.5. The summed E-state index contributed by atoms with van der Waals surface area (Å²) in [5.74, 6) is 1.39. The summed E-state index contributed by atoms with van der Waals surface area (Å²) in [5.41, 5.74) is 1.59. The van der Waals surface area contributed by atoms with E-state index < -0.39 is 5.60 Å². The molecule has 4 rings (SSSR count). The molecular weight excluding hydrogens is 416 g/mol. The number of benzene rings is 2. The Morgan fingerprint density at radius 1 is 1.18 bits per heavy atom. The molecule has 1 aromatic heterocycles. The van der Waals surface area contributed by atoms with Gasteiger partial charge in [-0.3, -0.25) is 4.79 Å². The molecule has 7 nitrogen and oxygen atoms in total. The number of phenols is 1. The Bertz CT molecular complexity index is 1150. The van der Waals surface area contributed by atoms with Crippen molar-refractivity contribution in [2.24, 2.45) is 0 Å². The topological polar surface area (TPSA) is 98.6 Å². The zero-order valence-electron chi connectivity index (χ0n) is 19.5. The lowest BCUT2D eigenvalue weighted by Gasteiger charge is -2.34. The third-order valence-corrected chi connectivity index (χ3v) is 6.44. The predicted molar refractivity (Wildman–Crippen MR) is 130 cm³/mol. The van der Waals surface area contributed by atoms with Crippen molar-refractivity contribution < 1.29 is 15.0 Å². The highest BCUT2D eigenvalue weighted by molar-refractivity contribution is 5.92. The van der Waals surface area contributed by atoms with Crippen LogP contribution in [0, 0.1) is 6.92 Å². The maximum atomic E-state index is 12.3. The number of para-hydroxylation sites is 1. The number of anilines is 1. The Hall–Kier alpha value is -3.19. The predicted octanol–water partition coefficient (Wildman–Crippen LogP) is 3.95. The monoisotopic (exact) mass is 448 g/mol. The van der Waals surface area contributed by atoms with Gasteiger partial charge in [0.2, 0.25) is 5.91 Å². The minimum atomic E-state index is -0.970. The number of nitrogens with one attached hydrogen (secondary N) is 1. The number of phenolic OH excluding ortho intramolecular Hbond substituents is 1. The Morgan fingerprint density at radius 3 is 2.61 bits per heavy atom. The van der Waals surface area contributed by atoms with E-state index in [1.165, 1.54) is 0 Å². The maximum Gasteiger partial charge on any atom is 0.223 e. The minimum Gasteiger partial charge on any atom is -0.507 e. The molecule has 1 atom stereocenters. The molecule has 3 aromatic rings. The third kappa shape index (κ3) is 5.25. The fraction of sp³-hybridized carbons (Fsp3) is 0.423. The highest BCUT2D eigenvalue weighted by Gasteiger charge is 2.27. The number of rotatable bonds is 6. The quantitative estimate of drug-likeness (QED) is 0.528. The first kappa shape index (κ1) is 23.0. The number of piperidine rings is 1. The van der Waals surface area contributed by atoms with Crippen molar-refractivity contribution in [3.05, 3.63) is 48.0 Å². The molecule has 1 unspecified atom stereocenters. The summed E-state index contributed by atoms with van der Waals surface area (Å²) in [6, 6.07) is 13.3. The van der Waals surface area contributed by atoms with Crippen LogP contribution in [0.1, 0.15) is 45.1 Å². The number of hydrogen-bond donors (Lipinski definition) is 3. The largest absolute Gasteiger partial charge is 0.507 e. The van der Waals surface area contributed by atoms with E-state index in [4.69, 9.17) is 9.97 Å². The molecule has 2 aromatic carbocycles. The van der Waals surface area contributed by atoms with Crippen molar-refractivity contribution in [3.8, 4) is 17.1 Å². The number of aryl methyl sites for hydroxylation is 1. The summed E-state index contributed by atoms with van der Waals surface area (Å²) in [6.07, 6.45) is 2.24. The second-order valence-corrected chi connectivity index (χ2v) is 9.26. The highest BCUT2D eigenvalue weighted by atomic mass is 16.3. The van der Waals surface area contributed by atoms with Crippen molar-refractivity contribution in [2.45, 2.75) is 58.1 Å². The summed E-state index contributed by atoms with van der Waals surface area (Å²) >= 11 is 0. The first-order chi connectivity index (χ1) is 15.8. The normalized spacial score (nSPS) is 16.5. The van der Waals surface area contributed by atoms with Crippen LogP contribution in [0.4, 0.5) is 5.82 Å². The summed E-state index contributed by atoms with van der Waals surface area (Å²) in [6.45, 7) is 7.09. The molecule has 0 spiro atoms. The van der Waals surface area contributed by atoms with Gasteiger partial charge in [-0.2, -0.15) is 0 Å². The number of aliphatic hydroxyl groups is 1. The molecule has 0 aliphatic carbocycles. The van der Waals surface area contributed by atoms with Gasteiger partial charge in [0, 0.05) is 24.5 Å². The van der Waals surface area contributed by atoms with Crippen LogP contribution in [-0.4, -0.2) is 50.8 Å². The second kappa shape index (κ2) is 9.35. The first-order valence-electron chi connectivity index (χ1n) is 11.6. The number of carbonyl (C=O) groups excluding carboxylic acids is 1. The van der Waals surface area contributed by atoms with Gasteiger partial charge in [-0.15, -0.1) is 0 Å². The van der Waals surface area contributed by atoms with Crippen LogP contribution in [0.3, 0.4) is 0 Å². The molecule has 1 amide bonds. The van der Waals surface area contributed by atoms with Gasteiger partial charge in [0.25, 0.3) is 0 Å². The molecule has 0 bridgehead atoms. The SMILES string of the molecule is CCC(C)(O)CC(=O)NC1CCN(c2nc(-c3ccccc3O)nc3cc(C)ccc23)CC1. The first-order valence-corrected chi connectivity index (χ1v) is 11.6. The Balaban J connectivity index is 1.56. The van der Waals surface area contributed by atoms with Crippen LogP contribution in [0.25, 0.3) is 22.3 Å². The van der Waals surface area contributed by atoms with E-state index in [9.17, 15) is 15.0 Å². The molecule has 33 heavy (non-hydrogen) atoms. The molecule has 0 saturated carbocycles. The van der Waals surface area contributed by atoms with Gasteiger partial charge in [-0.1, -0.05) is 25.1 Å². The number of amides is 1. The van der Waals surface area contributed by atoms with Crippen molar-refractivity contribution in [1.82, 2.24) is 15.3 Å². The van der Waals surface area contributed by atoms with Crippen molar-refractivity contribution in [3.63, 3.8) is 0 Å². The van der Waals surface area contributed by atoms with Gasteiger partial charge in [0.05, 0.1) is 23.1 Å². The van der Waals surface area contributed by atoms with Crippen molar-refractivity contribution in [1.29, 1.82) is 0 Å². The van der Waals surface area contributed by atoms with Crippen LogP contribution < -0.4 is 10.2 Å². The van der Waals surface area contributed by atoms with E-state index in [0.29, 0.717) is 17.8 Å². The van der Waals surface area contributed by atoms with Crippen molar-refractivity contribution in [2.75, 3.05) is 18.0 Å². The number of aromatic hydroxyl groups is 1. The highest BCUT2D eigenvalue weighted by Crippen LogP contribution is 2.33. The van der Waals surface area contributed by atoms with E-state index in [1.54, 1.807) is 19.1 Å². The van der Waals surface area contributed by atoms with E-state index in [2.05, 4.69) is 22.3 Å². The molecule has 2 heterocycles. The Kier molecular flexibility index (Phi) is 6.51. The summed E-state index contributed by atoms with van der Waals surface area (Å²) in [4.78, 5) is 24.2. The van der Waals surface area contributed by atoms with Gasteiger partial charge in [0.1, 0.15) is 11.6 Å². The number of fused-ring (bicyclic) bond motifs is 1. The van der Waals surface area contributed by atoms with Gasteiger partial charge in [0.15, 0.2) is 5.82 Å². The smallest absolute Gasteiger partial charge is 0.223 e. The van der Waals surface area contributed by atoms with Crippen LogP contribution in [-0.2, 0) is 4.79 Å². The molecule has 1 fully saturated rings. The number of carbonyl (C=O) groups is 1. The lowest BCUT2D eigenvalue weighted by molar-refractivity contribution is -0.126. The lowest BCUT2D eigenvalue weighted by atomic mass is 9.98. The molecule has 7 heteroatoms. The van der Waals surface area contributed by atoms with Crippen LogP contribution >= 0.6 is 0 Å². The van der Waals surface area contributed by atoms with Crippen LogP contribution in [0.15, 0.2) is 42.5 Å². The average Bonchev–Trinajstić information content (AvgIpc) is 2.78. The van der Waals surface area contributed by atoms with Gasteiger partial charge in [-0.05, 0) is 62.9 Å². The van der Waals surface area contributed by atoms with E-state index in [0.717, 1.165) is 48.2 Å². The fourth-order valence-corrected chi connectivity index (χ4v) is 4.23. The molecular formula is C26H32N4O3. The van der Waals surface area contributed by atoms with E-state index in [1.807, 2.05) is 32.0 Å². The molecule has 1 aliphatic heterocycles. The molecule has 0 radical (unpaired) electrons. The maximum absolute atomic E-state index is 12.3. The van der Waals surface area contributed by atoms with Gasteiger partial charge >= 0.3 is 0 Å². The van der Waals surface area contributed by atoms with Crippen LogP contribution in [0.5, 0.6) is 5.75 Å². The summed E-state index contributed by atoms with van der Waals surface area (Å²) < 4.78 is 0. The van der Waals surface area contributed by atoms with Gasteiger partial charge < -0.3 is 20.4 Å². The molecule has 1 aliphatic rings. The Labute approximate surface area is 194 Å². The molecule has 174 valence electrons.